The lowest BCUT2D eigenvalue weighted by atomic mass is 10.0. The number of ether oxygens (including phenoxy) is 1. The summed E-state index contributed by atoms with van der Waals surface area (Å²) in [4.78, 5) is 11.0. The summed E-state index contributed by atoms with van der Waals surface area (Å²) in [5, 5.41) is 2.76. The molecule has 0 rings (SSSR count). The smallest absolute Gasteiger partial charge is 0.407 e. The second kappa shape index (κ2) is 17.3. The van der Waals surface area contributed by atoms with Crippen LogP contribution in [0, 0.1) is 0 Å². The molecule has 0 unspecified atom stereocenters. The van der Waals surface area contributed by atoms with Gasteiger partial charge < -0.3 is 10.1 Å². The van der Waals surface area contributed by atoms with Crippen molar-refractivity contribution in [3.05, 3.63) is 0 Å². The molecule has 21 heavy (non-hydrogen) atoms. The lowest BCUT2D eigenvalue weighted by Crippen LogP contribution is -2.25. The first-order valence-corrected chi connectivity index (χ1v) is 9.21. The van der Waals surface area contributed by atoms with Gasteiger partial charge in [-0.05, 0) is 13.3 Å². The molecule has 0 aliphatic carbocycles. The number of nitrogens with one attached hydrogen (secondary N) is 1. The van der Waals surface area contributed by atoms with E-state index in [1.54, 1.807) is 0 Å². The lowest BCUT2D eigenvalue weighted by molar-refractivity contribution is 0.152. The van der Waals surface area contributed by atoms with Gasteiger partial charge >= 0.3 is 6.09 Å². The Morgan fingerprint density at radius 2 is 1.14 bits per heavy atom. The monoisotopic (exact) mass is 299 g/mol. The molecule has 0 fully saturated rings. The molecule has 0 aromatic heterocycles. The summed E-state index contributed by atoms with van der Waals surface area (Å²) in [6.07, 6.45) is 17.3. The molecule has 0 atom stereocenters. The highest BCUT2D eigenvalue weighted by Gasteiger charge is 1.98. The van der Waals surface area contributed by atoms with Crippen molar-refractivity contribution in [2.75, 3.05) is 13.2 Å². The molecular weight excluding hydrogens is 262 g/mol. The number of amides is 1. The minimum Gasteiger partial charge on any atom is -0.450 e. The van der Waals surface area contributed by atoms with Gasteiger partial charge in [0.2, 0.25) is 0 Å². The Morgan fingerprint density at radius 1 is 0.714 bits per heavy atom. The Balaban J connectivity index is 3.01. The van der Waals surface area contributed by atoms with Crippen LogP contribution in [0.1, 0.15) is 97.3 Å². The van der Waals surface area contributed by atoms with Gasteiger partial charge in [0.15, 0.2) is 0 Å². The Hall–Kier alpha value is -0.730. The van der Waals surface area contributed by atoms with E-state index in [-0.39, 0.29) is 6.09 Å². The van der Waals surface area contributed by atoms with Gasteiger partial charge in [-0.3, -0.25) is 0 Å². The Kier molecular flexibility index (Phi) is 16.7. The highest BCUT2D eigenvalue weighted by Crippen LogP contribution is 2.12. The largest absolute Gasteiger partial charge is 0.450 e. The van der Waals surface area contributed by atoms with Crippen molar-refractivity contribution in [1.82, 2.24) is 5.32 Å². The number of alkyl carbamates (subject to hydrolysis) is 1. The van der Waals surface area contributed by atoms with E-state index in [2.05, 4.69) is 12.2 Å². The van der Waals surface area contributed by atoms with E-state index in [1.807, 2.05) is 6.92 Å². The maximum Gasteiger partial charge on any atom is 0.407 e. The van der Waals surface area contributed by atoms with Gasteiger partial charge in [-0.2, -0.15) is 0 Å². The van der Waals surface area contributed by atoms with Crippen LogP contribution in [0.4, 0.5) is 4.79 Å². The van der Waals surface area contributed by atoms with Gasteiger partial charge in [0.1, 0.15) is 0 Å². The molecule has 126 valence electrons. The van der Waals surface area contributed by atoms with Gasteiger partial charge in [0, 0.05) is 6.54 Å². The quantitative estimate of drug-likeness (QED) is 0.387. The summed E-state index contributed by atoms with van der Waals surface area (Å²) >= 11 is 0. The predicted octanol–water partition coefficient (Wildman–Crippen LogP) is 5.82. The van der Waals surface area contributed by atoms with Gasteiger partial charge in [-0.1, -0.05) is 84.0 Å². The molecule has 1 N–H and O–H groups in total. The van der Waals surface area contributed by atoms with Crippen molar-refractivity contribution in [2.45, 2.75) is 97.3 Å². The van der Waals surface area contributed by atoms with Crippen molar-refractivity contribution in [1.29, 1.82) is 0 Å². The number of hydrogen-bond acceptors (Lipinski definition) is 2. The Morgan fingerprint density at radius 3 is 1.57 bits per heavy atom. The van der Waals surface area contributed by atoms with Gasteiger partial charge in [0.25, 0.3) is 0 Å². The molecule has 0 aromatic carbocycles. The van der Waals surface area contributed by atoms with E-state index >= 15 is 0 Å². The molecule has 0 spiro atoms. The number of rotatable bonds is 15. The zero-order valence-electron chi connectivity index (χ0n) is 14.4. The lowest BCUT2D eigenvalue weighted by Gasteiger charge is -2.05. The molecule has 0 aliphatic rings. The minimum absolute atomic E-state index is 0.281. The fourth-order valence-corrected chi connectivity index (χ4v) is 2.52. The second-order valence-electron chi connectivity index (χ2n) is 5.89. The van der Waals surface area contributed by atoms with E-state index < -0.39 is 0 Å². The van der Waals surface area contributed by atoms with Gasteiger partial charge in [-0.25, -0.2) is 4.79 Å². The molecule has 1 amide bonds. The second-order valence-corrected chi connectivity index (χ2v) is 5.89. The van der Waals surface area contributed by atoms with Crippen molar-refractivity contribution in [2.24, 2.45) is 0 Å². The Labute approximate surface area is 132 Å². The molecule has 0 aliphatic heterocycles. The van der Waals surface area contributed by atoms with E-state index in [9.17, 15) is 4.79 Å². The van der Waals surface area contributed by atoms with Gasteiger partial charge in [-0.15, -0.1) is 0 Å². The molecule has 0 radical (unpaired) electrons. The molecule has 0 saturated heterocycles. The molecule has 0 saturated carbocycles. The molecular formula is C18H37NO2. The first kappa shape index (κ1) is 20.3. The number of hydrogen-bond donors (Lipinski definition) is 1. The van der Waals surface area contributed by atoms with E-state index in [1.165, 1.54) is 77.0 Å². The molecule has 0 bridgehead atoms. The maximum atomic E-state index is 11.0. The highest BCUT2D eigenvalue weighted by atomic mass is 16.5. The molecule has 3 nitrogen and oxygen atoms in total. The third kappa shape index (κ3) is 17.2. The summed E-state index contributed by atoms with van der Waals surface area (Å²) in [5.41, 5.74) is 0. The van der Waals surface area contributed by atoms with E-state index in [0.717, 1.165) is 13.0 Å². The minimum atomic E-state index is -0.281. The first-order chi connectivity index (χ1) is 10.3. The summed E-state index contributed by atoms with van der Waals surface area (Å²) in [6, 6.07) is 0. The number of carbonyl (C=O) groups excluding carboxylic acids is 1. The topological polar surface area (TPSA) is 38.3 Å². The standard InChI is InChI=1S/C18H37NO2/c1-3-5-6-7-8-9-10-11-12-13-14-15-16-17-19-18(20)21-4-2/h3-17H2,1-2H3,(H,19,20). The van der Waals surface area contributed by atoms with E-state index in [0.29, 0.717) is 6.61 Å². The van der Waals surface area contributed by atoms with Crippen molar-refractivity contribution in [3.8, 4) is 0 Å². The van der Waals surface area contributed by atoms with Crippen LogP contribution in [-0.2, 0) is 4.74 Å². The molecule has 3 heteroatoms. The van der Waals surface area contributed by atoms with Crippen LogP contribution in [0.5, 0.6) is 0 Å². The average molecular weight is 299 g/mol. The SMILES string of the molecule is CCCCCCCCCCCCCCCNC(=O)OCC. The number of unbranched alkanes of at least 4 members (excludes halogenated alkanes) is 12. The highest BCUT2D eigenvalue weighted by molar-refractivity contribution is 5.66. The normalized spacial score (nSPS) is 10.6. The molecule has 0 aromatic rings. The first-order valence-electron chi connectivity index (χ1n) is 9.21. The summed E-state index contributed by atoms with van der Waals surface area (Å²) in [5.74, 6) is 0. The summed E-state index contributed by atoms with van der Waals surface area (Å²) in [7, 11) is 0. The fourth-order valence-electron chi connectivity index (χ4n) is 2.52. The number of carbonyl (C=O) groups is 1. The third-order valence-electron chi connectivity index (χ3n) is 3.83. The van der Waals surface area contributed by atoms with Crippen LogP contribution in [0.15, 0.2) is 0 Å². The zero-order chi connectivity index (χ0) is 15.6. The summed E-state index contributed by atoms with van der Waals surface area (Å²) in [6.45, 7) is 5.29. The van der Waals surface area contributed by atoms with Crippen LogP contribution >= 0.6 is 0 Å². The fraction of sp³-hybridized carbons (Fsp3) is 0.944. The zero-order valence-corrected chi connectivity index (χ0v) is 14.4. The van der Waals surface area contributed by atoms with Crippen LogP contribution in [0.2, 0.25) is 0 Å². The van der Waals surface area contributed by atoms with Crippen LogP contribution < -0.4 is 5.32 Å². The summed E-state index contributed by atoms with van der Waals surface area (Å²) < 4.78 is 4.81. The van der Waals surface area contributed by atoms with E-state index in [4.69, 9.17) is 4.74 Å². The van der Waals surface area contributed by atoms with Crippen LogP contribution in [-0.4, -0.2) is 19.2 Å². The molecule has 0 heterocycles. The predicted molar refractivity (Wildman–Crippen MR) is 90.7 cm³/mol. The van der Waals surface area contributed by atoms with Crippen LogP contribution in [0.25, 0.3) is 0 Å². The van der Waals surface area contributed by atoms with Gasteiger partial charge in [0.05, 0.1) is 6.61 Å². The van der Waals surface area contributed by atoms with Crippen LogP contribution in [0.3, 0.4) is 0 Å². The van der Waals surface area contributed by atoms with Crippen molar-refractivity contribution < 1.29 is 9.53 Å². The van der Waals surface area contributed by atoms with Crippen molar-refractivity contribution in [3.63, 3.8) is 0 Å². The van der Waals surface area contributed by atoms with Crippen molar-refractivity contribution >= 4 is 6.09 Å². The maximum absolute atomic E-state index is 11.0. The third-order valence-corrected chi connectivity index (χ3v) is 3.83. The Bertz CT molecular complexity index is 219. The average Bonchev–Trinajstić information content (AvgIpc) is 2.48.